The number of carbonyl (C=O) groups excluding carboxylic acids is 1. The van der Waals surface area contributed by atoms with Gasteiger partial charge in [-0.1, -0.05) is 62.4 Å². The number of hydrogen-bond donors (Lipinski definition) is 2. The zero-order valence-electron chi connectivity index (χ0n) is 17.4. The second kappa shape index (κ2) is 10.4. The van der Waals surface area contributed by atoms with Crippen molar-refractivity contribution >= 4 is 44.2 Å². The Hall–Kier alpha value is -2.23. The van der Waals surface area contributed by atoms with E-state index < -0.39 is 22.0 Å². The van der Waals surface area contributed by atoms with Crippen LogP contribution < -0.4 is 10.0 Å². The Morgan fingerprint density at radius 1 is 0.903 bits per heavy atom. The Morgan fingerprint density at radius 3 is 2.16 bits per heavy atom. The Kier molecular flexibility index (Phi) is 7.85. The summed E-state index contributed by atoms with van der Waals surface area (Å²) in [5.41, 5.74) is 2.55. The van der Waals surface area contributed by atoms with Gasteiger partial charge in [0.1, 0.15) is 6.04 Å². The fraction of sp³-hybridized carbons (Fsp3) is 0.208. The molecule has 0 saturated carbocycles. The van der Waals surface area contributed by atoms with E-state index >= 15 is 0 Å². The van der Waals surface area contributed by atoms with E-state index in [0.717, 1.165) is 14.7 Å². The number of rotatable bonds is 8. The van der Waals surface area contributed by atoms with Crippen LogP contribution in [0.25, 0.3) is 0 Å². The number of benzene rings is 3. The highest BCUT2D eigenvalue weighted by molar-refractivity contribution is 14.1. The molecule has 0 bridgehead atoms. The smallest absolute Gasteiger partial charge is 0.242 e. The molecule has 0 unspecified atom stereocenters. The van der Waals surface area contributed by atoms with Gasteiger partial charge in [-0.05, 0) is 76.4 Å². The van der Waals surface area contributed by atoms with Crippen LogP contribution in [-0.2, 0) is 21.2 Å². The minimum Gasteiger partial charge on any atom is -0.324 e. The van der Waals surface area contributed by atoms with Crippen molar-refractivity contribution in [3.63, 3.8) is 0 Å². The van der Waals surface area contributed by atoms with Crippen LogP contribution in [0.5, 0.6) is 0 Å². The van der Waals surface area contributed by atoms with Gasteiger partial charge in [0.15, 0.2) is 0 Å². The molecule has 3 rings (SSSR count). The predicted octanol–water partition coefficient (Wildman–Crippen LogP) is 4.94. The van der Waals surface area contributed by atoms with Crippen molar-refractivity contribution in [2.75, 3.05) is 5.32 Å². The zero-order valence-corrected chi connectivity index (χ0v) is 20.4. The van der Waals surface area contributed by atoms with Gasteiger partial charge >= 0.3 is 0 Å². The first-order chi connectivity index (χ1) is 14.8. The molecule has 3 aromatic rings. The summed E-state index contributed by atoms with van der Waals surface area (Å²) in [5, 5.41) is 2.93. The van der Waals surface area contributed by atoms with Gasteiger partial charge in [0.25, 0.3) is 0 Å². The molecule has 162 valence electrons. The van der Waals surface area contributed by atoms with Gasteiger partial charge in [-0.25, -0.2) is 8.42 Å². The van der Waals surface area contributed by atoms with Crippen molar-refractivity contribution < 1.29 is 13.2 Å². The van der Waals surface area contributed by atoms with Gasteiger partial charge in [-0.2, -0.15) is 4.72 Å². The van der Waals surface area contributed by atoms with E-state index in [4.69, 9.17) is 0 Å². The number of nitrogens with one attached hydrogen (secondary N) is 2. The molecule has 0 spiro atoms. The molecule has 1 atom stereocenters. The SMILES string of the molecule is CC(C)c1ccccc1NC(=O)[C@@H](Cc1ccccc1)NS(=O)(=O)c1ccc(I)cc1. The Morgan fingerprint density at radius 2 is 1.52 bits per heavy atom. The molecule has 1 amide bonds. The summed E-state index contributed by atoms with van der Waals surface area (Å²) in [6, 6.07) is 22.5. The first-order valence-corrected chi connectivity index (χ1v) is 12.5. The van der Waals surface area contributed by atoms with Crippen molar-refractivity contribution in [3.05, 3.63) is 93.6 Å². The van der Waals surface area contributed by atoms with Crippen molar-refractivity contribution in [2.24, 2.45) is 0 Å². The van der Waals surface area contributed by atoms with Crippen molar-refractivity contribution in [1.82, 2.24) is 4.72 Å². The summed E-state index contributed by atoms with van der Waals surface area (Å²) < 4.78 is 29.5. The van der Waals surface area contributed by atoms with E-state index in [0.29, 0.717) is 5.69 Å². The quantitative estimate of drug-likeness (QED) is 0.392. The number of amides is 1. The maximum atomic E-state index is 13.2. The summed E-state index contributed by atoms with van der Waals surface area (Å²) >= 11 is 2.12. The van der Waals surface area contributed by atoms with Gasteiger partial charge in [0.05, 0.1) is 4.90 Å². The van der Waals surface area contributed by atoms with E-state index in [1.54, 1.807) is 12.1 Å². The molecule has 0 radical (unpaired) electrons. The summed E-state index contributed by atoms with van der Waals surface area (Å²) in [7, 11) is -3.87. The van der Waals surface area contributed by atoms with Crippen LogP contribution in [0.4, 0.5) is 5.69 Å². The van der Waals surface area contributed by atoms with E-state index in [-0.39, 0.29) is 17.2 Å². The van der Waals surface area contributed by atoms with Gasteiger partial charge in [0, 0.05) is 9.26 Å². The molecule has 0 aromatic heterocycles. The second-order valence-electron chi connectivity index (χ2n) is 7.55. The molecule has 0 aliphatic rings. The van der Waals surface area contributed by atoms with Crippen LogP contribution in [0, 0.1) is 3.57 Å². The highest BCUT2D eigenvalue weighted by Gasteiger charge is 2.27. The van der Waals surface area contributed by atoms with Crippen LogP contribution in [0.3, 0.4) is 0 Å². The number of halogens is 1. The van der Waals surface area contributed by atoms with E-state index in [9.17, 15) is 13.2 Å². The summed E-state index contributed by atoms with van der Waals surface area (Å²) in [6.07, 6.45) is 0.236. The molecule has 5 nitrogen and oxygen atoms in total. The molecular weight excluding hydrogens is 523 g/mol. The molecule has 0 aliphatic heterocycles. The number of para-hydroxylation sites is 1. The monoisotopic (exact) mass is 548 g/mol. The Bertz CT molecular complexity index is 1130. The van der Waals surface area contributed by atoms with Gasteiger partial charge < -0.3 is 5.32 Å². The summed E-state index contributed by atoms with van der Waals surface area (Å²) in [4.78, 5) is 13.3. The third-order valence-electron chi connectivity index (χ3n) is 4.86. The number of sulfonamides is 1. The fourth-order valence-electron chi connectivity index (χ4n) is 3.24. The first-order valence-electron chi connectivity index (χ1n) is 9.98. The first kappa shape index (κ1) is 23.4. The standard InChI is InChI=1S/C24H25IN2O3S/c1-17(2)21-10-6-7-11-22(21)26-24(28)23(16-18-8-4-3-5-9-18)27-31(29,30)20-14-12-19(25)13-15-20/h3-15,17,23,27H,16H2,1-2H3,(H,26,28)/t23-/m1/s1. The van der Waals surface area contributed by atoms with Gasteiger partial charge in [-0.15, -0.1) is 0 Å². The lowest BCUT2D eigenvalue weighted by molar-refractivity contribution is -0.117. The zero-order chi connectivity index (χ0) is 22.4. The van der Waals surface area contributed by atoms with Crippen LogP contribution in [0.1, 0.15) is 30.9 Å². The maximum Gasteiger partial charge on any atom is 0.242 e. The second-order valence-corrected chi connectivity index (χ2v) is 10.5. The van der Waals surface area contributed by atoms with E-state index in [1.165, 1.54) is 12.1 Å². The lowest BCUT2D eigenvalue weighted by Crippen LogP contribution is -2.45. The third kappa shape index (κ3) is 6.38. The average Bonchev–Trinajstić information content (AvgIpc) is 2.74. The molecule has 0 fully saturated rings. The minimum atomic E-state index is -3.87. The van der Waals surface area contributed by atoms with Crippen molar-refractivity contribution in [1.29, 1.82) is 0 Å². The van der Waals surface area contributed by atoms with Crippen LogP contribution in [-0.4, -0.2) is 20.4 Å². The highest BCUT2D eigenvalue weighted by Crippen LogP contribution is 2.24. The molecule has 7 heteroatoms. The third-order valence-corrected chi connectivity index (χ3v) is 7.07. The molecule has 0 saturated heterocycles. The van der Waals surface area contributed by atoms with E-state index in [1.807, 2.05) is 68.4 Å². The van der Waals surface area contributed by atoms with Crippen LogP contribution >= 0.6 is 22.6 Å². The molecule has 3 aromatic carbocycles. The normalized spacial score (nSPS) is 12.5. The average molecular weight is 548 g/mol. The molecule has 0 aliphatic carbocycles. The Balaban J connectivity index is 1.89. The lowest BCUT2D eigenvalue weighted by Gasteiger charge is -2.21. The topological polar surface area (TPSA) is 75.3 Å². The lowest BCUT2D eigenvalue weighted by atomic mass is 10.0. The van der Waals surface area contributed by atoms with E-state index in [2.05, 4.69) is 32.6 Å². The maximum absolute atomic E-state index is 13.2. The number of anilines is 1. The summed E-state index contributed by atoms with van der Waals surface area (Å²) in [5.74, 6) is -0.182. The molecule has 0 heterocycles. The van der Waals surface area contributed by atoms with Crippen LogP contribution in [0.2, 0.25) is 0 Å². The molecule has 31 heavy (non-hydrogen) atoms. The number of hydrogen-bond acceptors (Lipinski definition) is 3. The summed E-state index contributed by atoms with van der Waals surface area (Å²) in [6.45, 7) is 4.10. The number of carbonyl (C=O) groups is 1. The highest BCUT2D eigenvalue weighted by atomic mass is 127. The molecular formula is C24H25IN2O3S. The molecule has 2 N–H and O–H groups in total. The van der Waals surface area contributed by atoms with Crippen LogP contribution in [0.15, 0.2) is 83.8 Å². The largest absolute Gasteiger partial charge is 0.324 e. The van der Waals surface area contributed by atoms with Crippen molar-refractivity contribution in [2.45, 2.75) is 37.1 Å². The van der Waals surface area contributed by atoms with Crippen molar-refractivity contribution in [3.8, 4) is 0 Å². The predicted molar refractivity (Wildman–Crippen MR) is 133 cm³/mol. The fourth-order valence-corrected chi connectivity index (χ4v) is 4.80. The Labute approximate surface area is 197 Å². The van der Waals surface area contributed by atoms with Gasteiger partial charge in [0.2, 0.25) is 15.9 Å². The van der Waals surface area contributed by atoms with Gasteiger partial charge in [-0.3, -0.25) is 4.79 Å². The minimum absolute atomic E-state index is 0.126.